The summed E-state index contributed by atoms with van der Waals surface area (Å²) in [6, 6.07) is 13.7. The summed E-state index contributed by atoms with van der Waals surface area (Å²) < 4.78 is 33.2. The minimum atomic E-state index is -3.47. The van der Waals surface area contributed by atoms with Crippen LogP contribution in [0, 0.1) is 0 Å². The van der Waals surface area contributed by atoms with Gasteiger partial charge < -0.3 is 25.7 Å². The number of rotatable bonds is 14. The van der Waals surface area contributed by atoms with Crippen molar-refractivity contribution in [3.05, 3.63) is 59.8 Å². The van der Waals surface area contributed by atoms with Gasteiger partial charge in [-0.3, -0.25) is 9.69 Å². The summed E-state index contributed by atoms with van der Waals surface area (Å²) in [5.41, 5.74) is 9.84. The average Bonchev–Trinajstić information content (AvgIpc) is 3.36. The van der Waals surface area contributed by atoms with Crippen molar-refractivity contribution >= 4 is 26.8 Å². The van der Waals surface area contributed by atoms with Gasteiger partial charge in [0.2, 0.25) is 10.0 Å². The zero-order valence-electron chi connectivity index (χ0n) is 23.8. The molecule has 0 radical (unpaired) electrons. The lowest BCUT2D eigenvalue weighted by atomic mass is 9.88. The number of carbonyl (C=O) groups excluding carboxylic acids is 1. The van der Waals surface area contributed by atoms with Crippen LogP contribution in [0.15, 0.2) is 48.7 Å². The first-order chi connectivity index (χ1) is 19.5. The quantitative estimate of drug-likeness (QED) is 0.212. The summed E-state index contributed by atoms with van der Waals surface area (Å²) in [6.07, 6.45) is 2.20. The van der Waals surface area contributed by atoms with Crippen LogP contribution >= 0.6 is 0 Å². The number of fused-ring (bicyclic) bond motifs is 1. The molecule has 224 valence electrons. The Morgan fingerprint density at radius 2 is 1.73 bits per heavy atom. The summed E-state index contributed by atoms with van der Waals surface area (Å²) in [7, 11) is -3.47. The first-order valence-electron chi connectivity index (χ1n) is 14.2. The van der Waals surface area contributed by atoms with E-state index in [9.17, 15) is 23.4 Å². The van der Waals surface area contributed by atoms with Crippen LogP contribution in [0.3, 0.4) is 0 Å². The molecule has 4 rings (SSSR count). The Bertz CT molecular complexity index is 1390. The van der Waals surface area contributed by atoms with E-state index in [-0.39, 0.29) is 18.3 Å². The summed E-state index contributed by atoms with van der Waals surface area (Å²) in [5, 5.41) is 20.2. The van der Waals surface area contributed by atoms with Gasteiger partial charge in [-0.15, -0.1) is 0 Å². The highest BCUT2D eigenvalue weighted by Crippen LogP contribution is 2.37. The Hall–Kier alpha value is -2.80. The van der Waals surface area contributed by atoms with Crippen molar-refractivity contribution in [3.8, 4) is 11.1 Å². The number of nitrogens with one attached hydrogen (secondary N) is 1. The molecular weight excluding hydrogens is 544 g/mol. The molecule has 1 aromatic heterocycles. The second-order valence-corrected chi connectivity index (χ2v) is 13.1. The molecule has 41 heavy (non-hydrogen) atoms. The molecule has 0 spiro atoms. The summed E-state index contributed by atoms with van der Waals surface area (Å²) in [5.74, 6) is -0.449. The van der Waals surface area contributed by atoms with Gasteiger partial charge in [0, 0.05) is 44.3 Å². The predicted molar refractivity (Wildman–Crippen MR) is 160 cm³/mol. The van der Waals surface area contributed by atoms with Gasteiger partial charge >= 0.3 is 0 Å². The number of nitrogens with zero attached hydrogens (tertiary/aromatic N) is 2. The van der Waals surface area contributed by atoms with Crippen LogP contribution in [0.5, 0.6) is 0 Å². The second kappa shape index (κ2) is 13.9. The van der Waals surface area contributed by atoms with E-state index in [0.717, 1.165) is 22.1 Å². The fourth-order valence-electron chi connectivity index (χ4n) is 5.62. The number of hydrogen-bond donors (Lipinski definition) is 4. The van der Waals surface area contributed by atoms with Gasteiger partial charge in [0.1, 0.15) is 0 Å². The zero-order valence-corrected chi connectivity index (χ0v) is 24.6. The standard InChI is InChI=1S/C30H42N4O6S/c1-21(35)19-33(20-22(2)36)12-13-40-14-15-41(38,39)34-10-8-24(9-11-34)28-18-32-29-26(28)16-25(17-27(29)30(31)37)23-6-4-3-5-7-23/h3-7,16-18,21-22,24,32,35-36H,8-15,19-20H2,1-2H3,(H2,31,37). The highest BCUT2D eigenvalue weighted by molar-refractivity contribution is 7.89. The fraction of sp³-hybridized carbons (Fsp3) is 0.500. The van der Waals surface area contributed by atoms with Gasteiger partial charge in [0.05, 0.1) is 42.3 Å². The second-order valence-electron chi connectivity index (χ2n) is 11.0. The number of aliphatic hydroxyl groups excluding tert-OH is 2. The molecule has 5 N–H and O–H groups in total. The summed E-state index contributed by atoms with van der Waals surface area (Å²) in [6.45, 7) is 5.92. The Morgan fingerprint density at radius 1 is 1.07 bits per heavy atom. The van der Waals surface area contributed by atoms with Crippen LogP contribution in [0.4, 0.5) is 0 Å². The maximum Gasteiger partial charge on any atom is 0.250 e. The maximum atomic E-state index is 13.0. The minimum absolute atomic E-state index is 0.0834. The van der Waals surface area contributed by atoms with E-state index in [0.29, 0.717) is 63.3 Å². The van der Waals surface area contributed by atoms with Crippen molar-refractivity contribution in [2.24, 2.45) is 5.73 Å². The Morgan fingerprint density at radius 3 is 2.34 bits per heavy atom. The summed E-state index contributed by atoms with van der Waals surface area (Å²) >= 11 is 0. The van der Waals surface area contributed by atoms with Gasteiger partial charge in [-0.1, -0.05) is 30.3 Å². The van der Waals surface area contributed by atoms with Gasteiger partial charge in [-0.25, -0.2) is 12.7 Å². The molecule has 1 saturated heterocycles. The third-order valence-electron chi connectivity index (χ3n) is 7.56. The third kappa shape index (κ3) is 8.15. The van der Waals surface area contributed by atoms with Gasteiger partial charge in [0.15, 0.2) is 0 Å². The predicted octanol–water partition coefficient (Wildman–Crippen LogP) is 2.52. The van der Waals surface area contributed by atoms with Gasteiger partial charge in [-0.05, 0) is 61.4 Å². The van der Waals surface area contributed by atoms with E-state index >= 15 is 0 Å². The van der Waals surface area contributed by atoms with Crippen molar-refractivity contribution in [2.75, 3.05) is 51.7 Å². The van der Waals surface area contributed by atoms with Crippen molar-refractivity contribution in [1.82, 2.24) is 14.2 Å². The SMILES string of the molecule is CC(O)CN(CCOCCS(=O)(=O)N1CCC(c2c[nH]c3c(C(N)=O)cc(-c4ccccc4)cc23)CC1)CC(C)O. The number of sulfonamides is 1. The first-order valence-corrected chi connectivity index (χ1v) is 15.8. The number of H-pyrrole nitrogens is 1. The molecule has 2 atom stereocenters. The van der Waals surface area contributed by atoms with Crippen LogP contribution in [0.25, 0.3) is 22.0 Å². The van der Waals surface area contributed by atoms with Crippen LogP contribution in [-0.4, -0.2) is 103 Å². The topological polar surface area (TPSA) is 149 Å². The van der Waals surface area contributed by atoms with E-state index in [1.54, 1.807) is 18.2 Å². The molecule has 1 amide bonds. The largest absolute Gasteiger partial charge is 0.392 e. The molecule has 0 saturated carbocycles. The lowest BCUT2D eigenvalue weighted by Gasteiger charge is -2.31. The lowest BCUT2D eigenvalue weighted by Crippen LogP contribution is -2.40. The van der Waals surface area contributed by atoms with Crippen molar-refractivity contribution in [1.29, 1.82) is 0 Å². The fourth-order valence-corrected chi connectivity index (χ4v) is 6.97. The van der Waals surface area contributed by atoms with Gasteiger partial charge in [0.25, 0.3) is 5.91 Å². The van der Waals surface area contributed by atoms with Crippen LogP contribution in [0.1, 0.15) is 48.5 Å². The monoisotopic (exact) mass is 586 g/mol. The molecule has 10 nitrogen and oxygen atoms in total. The molecule has 0 aliphatic carbocycles. The number of benzene rings is 2. The Balaban J connectivity index is 1.35. The lowest BCUT2D eigenvalue weighted by molar-refractivity contribution is 0.0561. The molecule has 11 heteroatoms. The van der Waals surface area contributed by atoms with E-state index in [1.807, 2.05) is 47.5 Å². The molecule has 1 aliphatic rings. The number of amides is 1. The Labute approximate surface area is 242 Å². The number of ether oxygens (including phenoxy) is 1. The Kier molecular flexibility index (Phi) is 10.6. The highest BCUT2D eigenvalue weighted by atomic mass is 32.2. The van der Waals surface area contributed by atoms with Crippen LogP contribution < -0.4 is 5.73 Å². The summed E-state index contributed by atoms with van der Waals surface area (Å²) in [4.78, 5) is 17.4. The molecule has 2 aromatic carbocycles. The van der Waals surface area contributed by atoms with Crippen LogP contribution in [-0.2, 0) is 14.8 Å². The minimum Gasteiger partial charge on any atom is -0.392 e. The molecule has 0 bridgehead atoms. The number of aromatic amines is 1. The van der Waals surface area contributed by atoms with E-state index in [1.165, 1.54) is 0 Å². The number of carbonyl (C=O) groups is 1. The van der Waals surface area contributed by atoms with Crippen molar-refractivity contribution in [3.63, 3.8) is 0 Å². The normalized spacial score (nSPS) is 16.8. The smallest absolute Gasteiger partial charge is 0.250 e. The number of piperidine rings is 1. The average molecular weight is 587 g/mol. The molecule has 3 aromatic rings. The van der Waals surface area contributed by atoms with Gasteiger partial charge in [-0.2, -0.15) is 0 Å². The number of aromatic nitrogens is 1. The van der Waals surface area contributed by atoms with Crippen LogP contribution in [0.2, 0.25) is 0 Å². The highest BCUT2D eigenvalue weighted by Gasteiger charge is 2.30. The molecular formula is C30H42N4O6S. The maximum absolute atomic E-state index is 13.0. The number of nitrogens with two attached hydrogens (primary N) is 1. The van der Waals surface area contributed by atoms with Crippen molar-refractivity contribution in [2.45, 2.75) is 44.8 Å². The van der Waals surface area contributed by atoms with E-state index in [4.69, 9.17) is 10.5 Å². The van der Waals surface area contributed by atoms with Crippen molar-refractivity contribution < 1.29 is 28.2 Å². The third-order valence-corrected chi connectivity index (χ3v) is 9.40. The van der Waals surface area contributed by atoms with E-state index in [2.05, 4.69) is 11.1 Å². The molecule has 2 unspecified atom stereocenters. The van der Waals surface area contributed by atoms with E-state index < -0.39 is 28.1 Å². The number of primary amides is 1. The number of hydrogen-bond acceptors (Lipinski definition) is 7. The molecule has 2 heterocycles. The molecule has 1 fully saturated rings. The zero-order chi connectivity index (χ0) is 29.6. The molecule has 1 aliphatic heterocycles. The first kappa shape index (κ1) is 31.1. The number of aliphatic hydroxyl groups is 2.